The number of rotatable bonds is 5. The molecule has 1 fully saturated rings. The zero-order chi connectivity index (χ0) is 28.4. The lowest BCUT2D eigenvalue weighted by molar-refractivity contribution is 0.293. The third-order valence-electron chi connectivity index (χ3n) is 7.21. The van der Waals surface area contributed by atoms with Crippen LogP contribution in [0.5, 0.6) is 11.5 Å². The highest BCUT2D eigenvalue weighted by molar-refractivity contribution is 8.03. The SMILES string of the molecule is OC[C@H]1CSCCN(Cc2ccc3cccc(O)c3n2)CCSCCN(Cc2ccc3cccc(O)c3n2)CCS1. The number of thioether (sulfide) groups is 3. The van der Waals surface area contributed by atoms with Crippen LogP contribution >= 0.6 is 35.3 Å². The van der Waals surface area contributed by atoms with E-state index < -0.39 is 0 Å². The number of aromatic hydroxyl groups is 2. The summed E-state index contributed by atoms with van der Waals surface area (Å²) in [5.41, 5.74) is 3.24. The maximum atomic E-state index is 10.3. The number of phenols is 2. The molecule has 1 saturated heterocycles. The third-order valence-corrected chi connectivity index (χ3v) is 10.7. The molecule has 41 heavy (non-hydrogen) atoms. The minimum absolute atomic E-state index is 0.188. The van der Waals surface area contributed by atoms with Crippen LogP contribution in [-0.2, 0) is 13.1 Å². The number of aliphatic hydroxyl groups excluding tert-OH is 1. The molecule has 0 amide bonds. The predicted octanol–water partition coefficient (Wildman–Crippen LogP) is 5.07. The highest BCUT2D eigenvalue weighted by Crippen LogP contribution is 2.25. The number of para-hydroxylation sites is 2. The number of pyridine rings is 2. The minimum atomic E-state index is 0.188. The van der Waals surface area contributed by atoms with Gasteiger partial charge in [0, 0.05) is 84.1 Å². The molecule has 0 aliphatic carbocycles. The topological polar surface area (TPSA) is 93.0 Å². The van der Waals surface area contributed by atoms with Crippen LogP contribution in [0, 0.1) is 0 Å². The zero-order valence-corrected chi connectivity index (χ0v) is 25.6. The van der Waals surface area contributed by atoms with Gasteiger partial charge in [0.1, 0.15) is 22.5 Å². The molecule has 0 bridgehead atoms. The minimum Gasteiger partial charge on any atom is -0.506 e. The van der Waals surface area contributed by atoms with Crippen LogP contribution in [0.1, 0.15) is 11.4 Å². The van der Waals surface area contributed by atoms with Crippen molar-refractivity contribution in [2.75, 3.05) is 61.6 Å². The fraction of sp³-hybridized carbons (Fsp3) is 0.419. The van der Waals surface area contributed by atoms with Gasteiger partial charge in [-0.2, -0.15) is 35.3 Å². The largest absolute Gasteiger partial charge is 0.506 e. The van der Waals surface area contributed by atoms with Crippen molar-refractivity contribution < 1.29 is 15.3 Å². The van der Waals surface area contributed by atoms with Gasteiger partial charge in [0.2, 0.25) is 0 Å². The summed E-state index contributed by atoms with van der Waals surface area (Å²) in [5, 5.41) is 32.7. The van der Waals surface area contributed by atoms with Gasteiger partial charge in [-0.05, 0) is 24.3 Å². The third kappa shape index (κ3) is 8.65. The highest BCUT2D eigenvalue weighted by atomic mass is 32.2. The molecule has 0 spiro atoms. The Balaban J connectivity index is 1.23. The first kappa shape index (κ1) is 30.3. The van der Waals surface area contributed by atoms with Crippen molar-refractivity contribution in [2.24, 2.45) is 0 Å². The van der Waals surface area contributed by atoms with E-state index in [2.05, 4.69) is 21.9 Å². The van der Waals surface area contributed by atoms with E-state index in [4.69, 9.17) is 9.97 Å². The van der Waals surface area contributed by atoms with Crippen LogP contribution in [0.25, 0.3) is 21.8 Å². The van der Waals surface area contributed by atoms with Crippen LogP contribution in [0.4, 0.5) is 0 Å². The molecule has 5 rings (SSSR count). The Morgan fingerprint density at radius 3 is 1.71 bits per heavy atom. The Bertz CT molecular complexity index is 1430. The van der Waals surface area contributed by atoms with E-state index in [0.717, 1.165) is 90.2 Å². The second kappa shape index (κ2) is 15.3. The molecule has 2 aromatic carbocycles. The lowest BCUT2D eigenvalue weighted by Gasteiger charge is -2.23. The number of nitrogens with zero attached hydrogens (tertiary/aromatic N) is 4. The second-order valence-electron chi connectivity index (χ2n) is 10.2. The van der Waals surface area contributed by atoms with E-state index in [1.807, 2.05) is 71.7 Å². The number of hydrogen-bond acceptors (Lipinski definition) is 10. The monoisotopic (exact) mass is 610 g/mol. The quantitative estimate of drug-likeness (QED) is 0.284. The molecule has 218 valence electrons. The average Bonchev–Trinajstić information content (AvgIpc) is 2.99. The summed E-state index contributed by atoms with van der Waals surface area (Å²) in [6.07, 6.45) is 0. The fourth-order valence-corrected chi connectivity index (χ4v) is 8.29. The second-order valence-corrected chi connectivity index (χ2v) is 14.0. The summed E-state index contributed by atoms with van der Waals surface area (Å²) >= 11 is 5.73. The first-order chi connectivity index (χ1) is 20.1. The zero-order valence-electron chi connectivity index (χ0n) is 23.2. The summed E-state index contributed by atoms with van der Waals surface area (Å²) in [5.74, 6) is 5.40. The number of fused-ring (bicyclic) bond motifs is 2. The lowest BCUT2D eigenvalue weighted by atomic mass is 10.2. The summed E-state index contributed by atoms with van der Waals surface area (Å²) in [6, 6.07) is 19.2. The molecule has 2 aromatic heterocycles. The first-order valence-electron chi connectivity index (χ1n) is 14.1. The summed E-state index contributed by atoms with van der Waals surface area (Å²) < 4.78 is 0. The molecule has 3 N–H and O–H groups in total. The summed E-state index contributed by atoms with van der Waals surface area (Å²) in [6.45, 7) is 5.48. The smallest absolute Gasteiger partial charge is 0.141 e. The molecule has 4 aromatic rings. The molecule has 10 heteroatoms. The maximum absolute atomic E-state index is 10.3. The molecule has 1 aliphatic heterocycles. The van der Waals surface area contributed by atoms with Crippen molar-refractivity contribution in [3.8, 4) is 11.5 Å². The van der Waals surface area contributed by atoms with Gasteiger partial charge in [0.05, 0.1) is 18.0 Å². The van der Waals surface area contributed by atoms with Crippen LogP contribution in [0.15, 0.2) is 60.7 Å². The van der Waals surface area contributed by atoms with Crippen molar-refractivity contribution in [1.82, 2.24) is 19.8 Å². The molecule has 0 saturated carbocycles. The van der Waals surface area contributed by atoms with Crippen molar-refractivity contribution in [3.05, 3.63) is 72.1 Å². The van der Waals surface area contributed by atoms with Gasteiger partial charge in [0.25, 0.3) is 0 Å². The van der Waals surface area contributed by atoms with E-state index >= 15 is 0 Å². The Hall–Kier alpha value is -2.21. The number of hydrogen-bond donors (Lipinski definition) is 3. The molecule has 1 atom stereocenters. The van der Waals surface area contributed by atoms with Gasteiger partial charge in [-0.25, -0.2) is 9.97 Å². The first-order valence-corrected chi connectivity index (χ1v) is 17.4. The Kier molecular flexibility index (Phi) is 11.3. The van der Waals surface area contributed by atoms with Crippen molar-refractivity contribution in [2.45, 2.75) is 18.3 Å². The van der Waals surface area contributed by atoms with E-state index in [0.29, 0.717) is 11.0 Å². The normalized spacial score (nSPS) is 19.2. The van der Waals surface area contributed by atoms with Gasteiger partial charge in [-0.15, -0.1) is 0 Å². The van der Waals surface area contributed by atoms with Gasteiger partial charge >= 0.3 is 0 Å². The summed E-state index contributed by atoms with van der Waals surface area (Å²) in [4.78, 5) is 14.4. The Morgan fingerprint density at radius 1 is 0.659 bits per heavy atom. The molecule has 0 unspecified atom stereocenters. The van der Waals surface area contributed by atoms with E-state index in [1.165, 1.54) is 0 Å². The number of aliphatic hydroxyl groups is 1. The van der Waals surface area contributed by atoms with Crippen molar-refractivity contribution >= 4 is 57.1 Å². The van der Waals surface area contributed by atoms with E-state index in [-0.39, 0.29) is 23.4 Å². The maximum Gasteiger partial charge on any atom is 0.141 e. The molecular formula is C31H38N4O3S3. The van der Waals surface area contributed by atoms with Crippen LogP contribution in [0.2, 0.25) is 0 Å². The summed E-state index contributed by atoms with van der Waals surface area (Å²) in [7, 11) is 0. The molecular weight excluding hydrogens is 573 g/mol. The standard InChI is InChI=1S/C31H38N4O3S3/c36-21-27-22-40-17-13-34(19-25-9-7-23-3-1-5-28(37)30(23)32-25)11-15-39-16-12-35(14-18-41-27)20-26-10-8-24-4-2-6-29(38)31(24)33-26/h1-10,27,36-38H,11-22H2/t27-/m0/s1. The molecule has 0 radical (unpaired) electrons. The Morgan fingerprint density at radius 2 is 1.17 bits per heavy atom. The van der Waals surface area contributed by atoms with Gasteiger partial charge in [0.15, 0.2) is 0 Å². The van der Waals surface area contributed by atoms with Crippen LogP contribution in [-0.4, -0.2) is 102 Å². The molecule has 7 nitrogen and oxygen atoms in total. The fourth-order valence-electron chi connectivity index (χ4n) is 4.92. The van der Waals surface area contributed by atoms with Gasteiger partial charge in [-0.1, -0.05) is 36.4 Å². The highest BCUT2D eigenvalue weighted by Gasteiger charge is 2.15. The average molecular weight is 611 g/mol. The Labute approximate surface area is 254 Å². The number of benzene rings is 2. The van der Waals surface area contributed by atoms with Crippen molar-refractivity contribution in [3.63, 3.8) is 0 Å². The van der Waals surface area contributed by atoms with Gasteiger partial charge < -0.3 is 15.3 Å². The predicted molar refractivity (Wildman–Crippen MR) is 175 cm³/mol. The van der Waals surface area contributed by atoms with E-state index in [1.54, 1.807) is 12.1 Å². The van der Waals surface area contributed by atoms with Crippen LogP contribution < -0.4 is 0 Å². The van der Waals surface area contributed by atoms with Crippen molar-refractivity contribution in [1.29, 1.82) is 0 Å². The lowest BCUT2D eigenvalue weighted by Crippen LogP contribution is -2.30. The number of aromatic nitrogens is 2. The van der Waals surface area contributed by atoms with Gasteiger partial charge in [-0.3, -0.25) is 9.80 Å². The number of phenolic OH excluding ortho intramolecular Hbond substituents is 2. The van der Waals surface area contributed by atoms with Crippen LogP contribution in [0.3, 0.4) is 0 Å². The molecule has 3 heterocycles. The van der Waals surface area contributed by atoms with E-state index in [9.17, 15) is 15.3 Å². The molecule has 1 aliphatic rings.